The molecule has 1 aromatic carbocycles. The largest absolute Gasteiger partial charge is 0.508 e. The third-order valence-corrected chi connectivity index (χ3v) is 8.79. The van der Waals surface area contributed by atoms with Crippen LogP contribution < -0.4 is 4.74 Å². The number of benzene rings is 1. The summed E-state index contributed by atoms with van der Waals surface area (Å²) in [6.07, 6.45) is 8.58. The maximum Gasteiger partial charge on any atom is 0.373 e. The van der Waals surface area contributed by atoms with Crippen LogP contribution in [0.1, 0.15) is 56.3 Å². The molecule has 3 unspecified atom stereocenters. The first-order chi connectivity index (χ1) is 18.7. The molecule has 2 aliphatic carbocycles. The average molecular weight is 572 g/mol. The number of unbranched alkanes of at least 4 members (excludes halogenated alkanes) is 1. The van der Waals surface area contributed by atoms with Gasteiger partial charge in [0.1, 0.15) is 27.3 Å². The summed E-state index contributed by atoms with van der Waals surface area (Å²) in [5.74, 6) is 2.00. The molecular formula is C28H29NO8S2. The minimum absolute atomic E-state index is 0.0528. The van der Waals surface area contributed by atoms with Crippen LogP contribution in [0.2, 0.25) is 0 Å². The van der Waals surface area contributed by atoms with E-state index in [-0.39, 0.29) is 30.3 Å². The quantitative estimate of drug-likeness (QED) is 0.233. The maximum atomic E-state index is 13.4. The molecule has 206 valence electrons. The number of carboxylic acids is 1. The van der Waals surface area contributed by atoms with E-state index in [0.717, 1.165) is 12.0 Å². The summed E-state index contributed by atoms with van der Waals surface area (Å²) in [5.41, 5.74) is 1.52. The third-order valence-electron chi connectivity index (χ3n) is 7.46. The molecule has 1 aliphatic heterocycles. The van der Waals surface area contributed by atoms with Gasteiger partial charge in [-0.25, -0.2) is 0 Å². The highest BCUT2D eigenvalue weighted by Crippen LogP contribution is 2.49. The number of carbonyl (C=O) groups excluding carboxylic acids is 3. The Morgan fingerprint density at radius 2 is 2.00 bits per heavy atom. The number of thiocarbonyl (C=S) groups is 1. The highest BCUT2D eigenvalue weighted by Gasteiger charge is 2.48. The highest BCUT2D eigenvalue weighted by molar-refractivity contribution is 8.26. The number of fused-ring (bicyclic) bond motifs is 2. The van der Waals surface area contributed by atoms with Gasteiger partial charge in [-0.1, -0.05) is 30.4 Å². The van der Waals surface area contributed by atoms with Gasteiger partial charge in [0.2, 0.25) is 0 Å². The van der Waals surface area contributed by atoms with Gasteiger partial charge in [-0.05, 0) is 74.1 Å². The topological polar surface area (TPSA) is 134 Å². The molecule has 2 bridgehead atoms. The Bertz CT molecular complexity index is 1330. The molecule has 0 radical (unpaired) electrons. The summed E-state index contributed by atoms with van der Waals surface area (Å²) < 4.78 is 12.1. The molecule has 39 heavy (non-hydrogen) atoms. The van der Waals surface area contributed by atoms with Crippen molar-refractivity contribution in [3.8, 4) is 22.8 Å². The number of phenolic OH excluding ortho intramolecular Hbond substituents is 1. The molecule has 2 saturated carbocycles. The van der Waals surface area contributed by atoms with Crippen LogP contribution in [0.3, 0.4) is 0 Å². The number of methoxy groups -OCH3 is 1. The van der Waals surface area contributed by atoms with Crippen LogP contribution in [-0.2, 0) is 25.6 Å². The molecule has 3 fully saturated rings. The van der Waals surface area contributed by atoms with Crippen molar-refractivity contribution in [2.75, 3.05) is 7.11 Å². The van der Waals surface area contributed by atoms with Gasteiger partial charge in [-0.2, -0.15) is 9.59 Å². The predicted molar refractivity (Wildman–Crippen MR) is 147 cm³/mol. The van der Waals surface area contributed by atoms with Crippen molar-refractivity contribution in [1.29, 1.82) is 0 Å². The Morgan fingerprint density at radius 1 is 1.23 bits per heavy atom. The number of aliphatic carboxylic acids is 1. The van der Waals surface area contributed by atoms with Crippen LogP contribution in [0.4, 0.5) is 0 Å². The zero-order chi connectivity index (χ0) is 28.1. The lowest BCUT2D eigenvalue weighted by Gasteiger charge is -2.30. The average Bonchev–Trinajstić information content (AvgIpc) is 3.67. The van der Waals surface area contributed by atoms with E-state index in [2.05, 4.69) is 0 Å². The molecule has 3 aliphatic rings. The number of thioether (sulfide) groups is 1. The van der Waals surface area contributed by atoms with E-state index >= 15 is 0 Å². The molecule has 1 amide bonds. The lowest BCUT2D eigenvalue weighted by atomic mass is 9.94. The number of carboxylic acid groups (broad SMARTS) is 1. The van der Waals surface area contributed by atoms with Gasteiger partial charge in [-0.15, -0.1) is 0 Å². The molecule has 9 nitrogen and oxygen atoms in total. The molecule has 2 heterocycles. The van der Waals surface area contributed by atoms with Crippen LogP contribution in [0, 0.1) is 11.8 Å². The molecule has 11 heteroatoms. The molecule has 1 saturated heterocycles. The zero-order valence-electron chi connectivity index (χ0n) is 21.4. The number of nitrogens with zero attached hydrogens (tertiary/aromatic N) is 1. The Morgan fingerprint density at radius 3 is 2.64 bits per heavy atom. The van der Waals surface area contributed by atoms with E-state index in [0.29, 0.717) is 63.2 Å². The van der Waals surface area contributed by atoms with Crippen LogP contribution in [0.5, 0.6) is 11.5 Å². The molecule has 3 atom stereocenters. The predicted octanol–water partition coefficient (Wildman–Crippen LogP) is 5.26. The van der Waals surface area contributed by atoms with Gasteiger partial charge < -0.3 is 19.4 Å². The number of rotatable bonds is 9. The van der Waals surface area contributed by atoms with E-state index < -0.39 is 5.97 Å². The van der Waals surface area contributed by atoms with Gasteiger partial charge in [0, 0.05) is 30.2 Å². The minimum Gasteiger partial charge on any atom is -0.508 e. The van der Waals surface area contributed by atoms with Crippen LogP contribution in [-0.4, -0.2) is 50.6 Å². The molecule has 1 aromatic heterocycles. The first-order valence-electron chi connectivity index (χ1n) is 12.7. The van der Waals surface area contributed by atoms with Crippen molar-refractivity contribution >= 4 is 52.4 Å². The zero-order valence-corrected chi connectivity index (χ0v) is 23.0. The van der Waals surface area contributed by atoms with Crippen molar-refractivity contribution in [2.45, 2.75) is 57.4 Å². The van der Waals surface area contributed by atoms with Crippen molar-refractivity contribution < 1.29 is 38.5 Å². The number of carbonyl (C=O) groups is 2. The fraction of sp³-hybridized carbons (Fsp3) is 0.429. The fourth-order valence-electron chi connectivity index (χ4n) is 5.75. The highest BCUT2D eigenvalue weighted by atomic mass is 32.2. The van der Waals surface area contributed by atoms with E-state index in [4.69, 9.17) is 36.1 Å². The first-order valence-corrected chi connectivity index (χ1v) is 14.0. The van der Waals surface area contributed by atoms with Gasteiger partial charge in [-0.3, -0.25) is 14.5 Å². The fourth-order valence-corrected chi connectivity index (χ4v) is 7.09. The first kappa shape index (κ1) is 28.6. The molecule has 5 rings (SSSR count). The summed E-state index contributed by atoms with van der Waals surface area (Å²) in [5, 5.41) is 19.1. The van der Waals surface area contributed by atoms with E-state index in [1.165, 1.54) is 44.2 Å². The Kier molecular flexibility index (Phi) is 9.27. The number of phenols is 1. The van der Waals surface area contributed by atoms with Crippen molar-refractivity contribution in [3.05, 3.63) is 40.5 Å². The normalized spacial score (nSPS) is 22.6. The SMILES string of the molecule is COc1cc(O)cc(-c2cc(CCCCC(=O)O)c(/C=C3\SC(=S)N(C4CC5CCC4C5)C3=O)o2)c1.O=C=O. The van der Waals surface area contributed by atoms with Gasteiger partial charge in [0.05, 0.1) is 12.0 Å². The summed E-state index contributed by atoms with van der Waals surface area (Å²) in [6.45, 7) is 0. The molecule has 0 spiro atoms. The number of furan rings is 1. The monoisotopic (exact) mass is 571 g/mol. The van der Waals surface area contributed by atoms with Gasteiger partial charge in [0.25, 0.3) is 5.91 Å². The van der Waals surface area contributed by atoms with E-state index in [9.17, 15) is 14.7 Å². The van der Waals surface area contributed by atoms with Crippen molar-refractivity contribution in [1.82, 2.24) is 4.90 Å². The number of hydrogen-bond donors (Lipinski definition) is 2. The molecular weight excluding hydrogens is 542 g/mol. The standard InChI is InChI=1S/C27H29NO6S2.CO2/c1-33-20-11-18(10-19(29)13-20)22-12-17(4-2-3-5-25(30)31)23(34-22)14-24-26(32)28(27(35)36-24)21-9-15-6-7-16(21)8-15;2-1-3/h10-16,21,29H,2-9H2,1H3,(H,30,31);/b24-14-;. The number of hydrogen-bond acceptors (Lipinski definition) is 9. The Balaban J connectivity index is 0.00000112. The Labute approximate surface area is 235 Å². The Hall–Kier alpha value is -3.40. The van der Waals surface area contributed by atoms with Gasteiger partial charge >= 0.3 is 12.1 Å². The summed E-state index contributed by atoms with van der Waals surface area (Å²) in [4.78, 5) is 43.0. The van der Waals surface area contributed by atoms with Crippen molar-refractivity contribution in [3.63, 3.8) is 0 Å². The second-order valence-electron chi connectivity index (χ2n) is 9.90. The lowest BCUT2D eigenvalue weighted by Crippen LogP contribution is -2.41. The third kappa shape index (κ3) is 6.61. The second-order valence-corrected chi connectivity index (χ2v) is 11.6. The summed E-state index contributed by atoms with van der Waals surface area (Å²) in [7, 11) is 1.53. The molecule has 2 aromatic rings. The maximum absolute atomic E-state index is 13.4. The van der Waals surface area contributed by atoms with E-state index in [1.807, 2.05) is 11.0 Å². The molecule has 2 N–H and O–H groups in total. The van der Waals surface area contributed by atoms with Crippen LogP contribution >= 0.6 is 24.0 Å². The number of aryl methyl sites for hydroxylation is 1. The van der Waals surface area contributed by atoms with Crippen molar-refractivity contribution in [2.24, 2.45) is 11.8 Å². The number of amides is 1. The second kappa shape index (κ2) is 12.6. The van der Waals surface area contributed by atoms with Gasteiger partial charge in [0.15, 0.2) is 0 Å². The smallest absolute Gasteiger partial charge is 0.373 e. The summed E-state index contributed by atoms with van der Waals surface area (Å²) in [6, 6.07) is 6.96. The minimum atomic E-state index is -0.820. The van der Waals surface area contributed by atoms with Crippen LogP contribution in [0.15, 0.2) is 33.6 Å². The van der Waals surface area contributed by atoms with E-state index in [1.54, 1.807) is 18.2 Å². The van der Waals surface area contributed by atoms with Crippen LogP contribution in [0.25, 0.3) is 17.4 Å². The number of ether oxygens (including phenoxy) is 1. The number of aromatic hydroxyl groups is 1. The lowest BCUT2D eigenvalue weighted by molar-refractivity contribution is -0.191. The summed E-state index contributed by atoms with van der Waals surface area (Å²) >= 11 is 6.95.